The molecule has 0 aliphatic carbocycles. The van der Waals surface area contributed by atoms with Gasteiger partial charge in [-0.3, -0.25) is 5.10 Å². The van der Waals surface area contributed by atoms with Gasteiger partial charge in [-0.15, -0.1) is 0 Å². The molecular formula is C10H15N3O2. The van der Waals surface area contributed by atoms with E-state index in [1.54, 1.807) is 0 Å². The number of H-pyrrole nitrogens is 1. The zero-order chi connectivity index (χ0) is 11.1. The smallest absolute Gasteiger partial charge is 0.359 e. The summed E-state index contributed by atoms with van der Waals surface area (Å²) >= 11 is 0. The molecule has 82 valence electrons. The number of nitrogens with zero attached hydrogens (tertiary/aromatic N) is 1. The van der Waals surface area contributed by atoms with E-state index in [1.807, 2.05) is 20.8 Å². The van der Waals surface area contributed by atoms with Gasteiger partial charge >= 0.3 is 5.97 Å². The molecule has 1 aromatic heterocycles. The number of esters is 1. The Morgan fingerprint density at radius 1 is 1.40 bits per heavy atom. The zero-order valence-electron chi connectivity index (χ0n) is 9.18. The molecule has 0 unspecified atom stereocenters. The van der Waals surface area contributed by atoms with Gasteiger partial charge in [0.1, 0.15) is 5.60 Å². The molecule has 1 aliphatic rings. The Morgan fingerprint density at radius 3 is 2.80 bits per heavy atom. The topological polar surface area (TPSA) is 67.0 Å². The summed E-state index contributed by atoms with van der Waals surface area (Å²) in [5.74, 6) is -0.358. The number of aromatic nitrogens is 2. The molecule has 0 radical (unpaired) electrons. The minimum absolute atomic E-state index is 0.358. The van der Waals surface area contributed by atoms with Crippen LogP contribution >= 0.6 is 0 Å². The summed E-state index contributed by atoms with van der Waals surface area (Å²) in [4.78, 5) is 11.7. The van der Waals surface area contributed by atoms with E-state index in [2.05, 4.69) is 15.5 Å². The highest BCUT2D eigenvalue weighted by molar-refractivity contribution is 5.89. The lowest BCUT2D eigenvalue weighted by atomic mass is 10.2. The molecule has 0 amide bonds. The van der Waals surface area contributed by atoms with Crippen LogP contribution in [0, 0.1) is 0 Å². The lowest BCUT2D eigenvalue weighted by Crippen LogP contribution is -2.24. The molecule has 2 heterocycles. The molecule has 0 saturated carbocycles. The molecule has 0 atom stereocenters. The van der Waals surface area contributed by atoms with Crippen molar-refractivity contribution in [2.24, 2.45) is 0 Å². The first-order chi connectivity index (χ1) is 6.97. The van der Waals surface area contributed by atoms with Gasteiger partial charge in [0.25, 0.3) is 0 Å². The first-order valence-corrected chi connectivity index (χ1v) is 4.97. The normalized spacial score (nSPS) is 15.1. The van der Waals surface area contributed by atoms with Gasteiger partial charge in [-0.25, -0.2) is 4.79 Å². The molecule has 15 heavy (non-hydrogen) atoms. The molecule has 5 heteroatoms. The summed E-state index contributed by atoms with van der Waals surface area (Å²) in [7, 11) is 0. The van der Waals surface area contributed by atoms with Crippen LogP contribution in [0.1, 0.15) is 42.5 Å². The molecule has 1 aliphatic heterocycles. The van der Waals surface area contributed by atoms with Crippen molar-refractivity contribution in [2.45, 2.75) is 39.5 Å². The van der Waals surface area contributed by atoms with Crippen molar-refractivity contribution in [1.82, 2.24) is 15.5 Å². The summed E-state index contributed by atoms with van der Waals surface area (Å²) in [6.07, 6.45) is 0. The van der Waals surface area contributed by atoms with E-state index in [4.69, 9.17) is 4.74 Å². The first kappa shape index (κ1) is 10.2. The zero-order valence-corrected chi connectivity index (χ0v) is 9.18. The number of aromatic amines is 1. The van der Waals surface area contributed by atoms with Crippen molar-refractivity contribution >= 4 is 5.97 Å². The van der Waals surface area contributed by atoms with Gasteiger partial charge in [-0.2, -0.15) is 5.10 Å². The Labute approximate surface area is 88.2 Å². The van der Waals surface area contributed by atoms with Crippen LogP contribution in [0.2, 0.25) is 0 Å². The van der Waals surface area contributed by atoms with Gasteiger partial charge in [0.05, 0.1) is 5.69 Å². The van der Waals surface area contributed by atoms with Crippen molar-refractivity contribution < 1.29 is 9.53 Å². The summed E-state index contributed by atoms with van der Waals surface area (Å²) in [5, 5.41) is 9.97. The molecular weight excluding hydrogens is 194 g/mol. The fraction of sp³-hybridized carbons (Fsp3) is 0.600. The summed E-state index contributed by atoms with van der Waals surface area (Å²) in [6.45, 7) is 6.95. The Morgan fingerprint density at radius 2 is 2.13 bits per heavy atom. The van der Waals surface area contributed by atoms with Gasteiger partial charge in [-0.05, 0) is 20.8 Å². The maximum absolute atomic E-state index is 11.7. The van der Waals surface area contributed by atoms with Crippen molar-refractivity contribution in [3.63, 3.8) is 0 Å². The molecule has 2 rings (SSSR count). The van der Waals surface area contributed by atoms with Gasteiger partial charge in [0, 0.05) is 18.7 Å². The molecule has 5 nitrogen and oxygen atoms in total. The van der Waals surface area contributed by atoms with E-state index >= 15 is 0 Å². The van der Waals surface area contributed by atoms with Gasteiger partial charge < -0.3 is 10.1 Å². The second-order valence-electron chi connectivity index (χ2n) is 4.63. The molecule has 1 aromatic rings. The maximum atomic E-state index is 11.7. The van der Waals surface area contributed by atoms with Crippen LogP contribution in [0.15, 0.2) is 0 Å². The molecule has 0 bridgehead atoms. The highest BCUT2D eigenvalue weighted by atomic mass is 16.6. The highest BCUT2D eigenvalue weighted by Crippen LogP contribution is 2.19. The fourth-order valence-corrected chi connectivity index (χ4v) is 1.55. The number of rotatable bonds is 1. The summed E-state index contributed by atoms with van der Waals surface area (Å²) < 4.78 is 5.26. The Bertz CT molecular complexity index is 390. The number of ether oxygens (including phenoxy) is 1. The van der Waals surface area contributed by atoms with E-state index in [9.17, 15) is 4.79 Å². The molecule has 0 spiro atoms. The Kier molecular flexibility index (Phi) is 2.26. The number of hydrogen-bond donors (Lipinski definition) is 2. The molecule has 0 aromatic carbocycles. The SMILES string of the molecule is CC(C)(C)OC(=O)c1n[nH]c2c1CNC2. The van der Waals surface area contributed by atoms with Gasteiger partial charge in [0.15, 0.2) is 5.69 Å². The summed E-state index contributed by atoms with van der Waals surface area (Å²) in [5.41, 5.74) is 1.85. The third-order valence-electron chi connectivity index (χ3n) is 2.15. The Hall–Kier alpha value is -1.36. The quantitative estimate of drug-likeness (QED) is 0.676. The highest BCUT2D eigenvalue weighted by Gasteiger charge is 2.26. The number of carbonyl (C=O) groups excluding carboxylic acids is 1. The van der Waals surface area contributed by atoms with Crippen molar-refractivity contribution in [3.8, 4) is 0 Å². The van der Waals surface area contributed by atoms with Crippen LogP contribution in [0.3, 0.4) is 0 Å². The minimum Gasteiger partial charge on any atom is -0.455 e. The van der Waals surface area contributed by atoms with Gasteiger partial charge in [0.2, 0.25) is 0 Å². The standard InChI is InChI=1S/C10H15N3O2/c1-10(2,3)15-9(14)8-6-4-11-5-7(6)12-13-8/h11H,4-5H2,1-3H3,(H,12,13). The van der Waals surface area contributed by atoms with Crippen molar-refractivity contribution in [1.29, 1.82) is 0 Å². The van der Waals surface area contributed by atoms with E-state index in [0.29, 0.717) is 12.2 Å². The van der Waals surface area contributed by atoms with Crippen LogP contribution in [0.25, 0.3) is 0 Å². The average Bonchev–Trinajstić information content (AvgIpc) is 2.57. The third-order valence-corrected chi connectivity index (χ3v) is 2.15. The van der Waals surface area contributed by atoms with Crippen LogP contribution in [0.5, 0.6) is 0 Å². The monoisotopic (exact) mass is 209 g/mol. The lowest BCUT2D eigenvalue weighted by molar-refractivity contribution is 0.00616. The number of hydrogen-bond acceptors (Lipinski definition) is 4. The average molecular weight is 209 g/mol. The first-order valence-electron chi connectivity index (χ1n) is 4.97. The molecule has 0 saturated heterocycles. The van der Waals surface area contributed by atoms with Crippen molar-refractivity contribution in [3.05, 3.63) is 17.0 Å². The van der Waals surface area contributed by atoms with Crippen molar-refractivity contribution in [2.75, 3.05) is 0 Å². The predicted molar refractivity (Wildman–Crippen MR) is 54.3 cm³/mol. The summed E-state index contributed by atoms with van der Waals surface area (Å²) in [6, 6.07) is 0. The molecule has 2 N–H and O–H groups in total. The van der Waals surface area contributed by atoms with Crippen LogP contribution < -0.4 is 5.32 Å². The lowest BCUT2D eigenvalue weighted by Gasteiger charge is -2.18. The van der Waals surface area contributed by atoms with Crippen LogP contribution in [-0.4, -0.2) is 21.8 Å². The maximum Gasteiger partial charge on any atom is 0.359 e. The van der Waals surface area contributed by atoms with Crippen LogP contribution in [0.4, 0.5) is 0 Å². The second-order valence-corrected chi connectivity index (χ2v) is 4.63. The van der Waals surface area contributed by atoms with E-state index in [-0.39, 0.29) is 5.97 Å². The minimum atomic E-state index is -0.477. The van der Waals surface area contributed by atoms with E-state index < -0.39 is 5.60 Å². The fourth-order valence-electron chi connectivity index (χ4n) is 1.55. The van der Waals surface area contributed by atoms with E-state index in [1.165, 1.54) is 0 Å². The second kappa shape index (κ2) is 3.34. The van der Waals surface area contributed by atoms with Crippen LogP contribution in [-0.2, 0) is 17.8 Å². The number of nitrogens with one attached hydrogen (secondary N) is 2. The number of carbonyl (C=O) groups is 1. The number of fused-ring (bicyclic) bond motifs is 1. The molecule has 0 fully saturated rings. The Balaban J connectivity index is 2.20. The largest absolute Gasteiger partial charge is 0.455 e. The van der Waals surface area contributed by atoms with E-state index in [0.717, 1.165) is 17.8 Å². The van der Waals surface area contributed by atoms with Gasteiger partial charge in [-0.1, -0.05) is 0 Å². The predicted octanol–water partition coefficient (Wildman–Crippen LogP) is 0.968. The third kappa shape index (κ3) is 2.02.